The van der Waals surface area contributed by atoms with Gasteiger partial charge in [-0.15, -0.1) is 0 Å². The maximum absolute atomic E-state index is 14.3. The number of carbonyl (C=O) groups excluding carboxylic acids is 1. The van der Waals surface area contributed by atoms with Gasteiger partial charge >= 0.3 is 5.97 Å². The molecule has 10 nitrogen and oxygen atoms in total. The van der Waals surface area contributed by atoms with Gasteiger partial charge in [-0.1, -0.05) is 53.2 Å². The van der Waals surface area contributed by atoms with Crippen LogP contribution in [0.2, 0.25) is 0 Å². The molecule has 1 saturated heterocycles. The van der Waals surface area contributed by atoms with Gasteiger partial charge in [-0.2, -0.15) is 0 Å². The molecule has 0 aromatic heterocycles. The molecular formula is C35H56O10. The van der Waals surface area contributed by atoms with Crippen molar-refractivity contribution >= 4 is 5.97 Å². The standard InChI is InChI=1S/C35H56O10/c1-17-10-13-35(29(42)45-28-24(39)22(37)23(38)27(41)44-28)15-14-32(5)18(25(35)34(17,7)43)8-9-21-31(4)16-19(36)26(40)30(2,3)20(31)11-12-33(21,32)6/h8,17,19-28,36-41,43H,9-16H2,1-7H3. The van der Waals surface area contributed by atoms with Crippen LogP contribution in [0.3, 0.4) is 0 Å². The van der Waals surface area contributed by atoms with Crippen molar-refractivity contribution in [2.24, 2.45) is 50.7 Å². The third-order valence-electron chi connectivity index (χ3n) is 15.2. The highest BCUT2D eigenvalue weighted by atomic mass is 16.8. The molecule has 5 aliphatic carbocycles. The average molecular weight is 637 g/mol. The molecule has 7 N–H and O–H groups in total. The maximum atomic E-state index is 14.3. The van der Waals surface area contributed by atoms with Crippen molar-refractivity contribution in [3.8, 4) is 0 Å². The van der Waals surface area contributed by atoms with E-state index < -0.39 is 71.4 Å². The summed E-state index contributed by atoms with van der Waals surface area (Å²) in [7, 11) is 0. The molecule has 16 atom stereocenters. The first kappa shape index (κ1) is 33.8. The third-order valence-corrected chi connectivity index (χ3v) is 15.2. The Morgan fingerprint density at radius 3 is 2.20 bits per heavy atom. The van der Waals surface area contributed by atoms with Crippen molar-refractivity contribution in [1.29, 1.82) is 0 Å². The molecule has 16 unspecified atom stereocenters. The molecule has 1 aliphatic heterocycles. The van der Waals surface area contributed by atoms with Crippen LogP contribution < -0.4 is 0 Å². The molecule has 256 valence electrons. The first-order valence-corrected chi connectivity index (χ1v) is 17.1. The van der Waals surface area contributed by atoms with Gasteiger partial charge in [0.1, 0.15) is 18.3 Å². The molecule has 0 radical (unpaired) electrons. The minimum Gasteiger partial charge on any atom is -0.432 e. The highest BCUT2D eigenvalue weighted by molar-refractivity contribution is 5.79. The van der Waals surface area contributed by atoms with Crippen LogP contribution in [0.4, 0.5) is 0 Å². The van der Waals surface area contributed by atoms with Crippen molar-refractivity contribution in [3.63, 3.8) is 0 Å². The minimum absolute atomic E-state index is 0.100. The molecule has 4 saturated carbocycles. The first-order chi connectivity index (χ1) is 20.7. The number of rotatable bonds is 2. The van der Waals surface area contributed by atoms with Crippen molar-refractivity contribution in [2.75, 3.05) is 0 Å². The van der Waals surface area contributed by atoms with E-state index in [4.69, 9.17) is 9.47 Å². The van der Waals surface area contributed by atoms with Gasteiger partial charge in [0, 0.05) is 5.92 Å². The van der Waals surface area contributed by atoms with Gasteiger partial charge in [0.25, 0.3) is 0 Å². The van der Waals surface area contributed by atoms with Gasteiger partial charge in [0.2, 0.25) is 6.29 Å². The predicted octanol–water partition coefficient (Wildman–Crippen LogP) is 2.39. The molecule has 5 fully saturated rings. The number of aliphatic hydroxyl groups excluding tert-OH is 6. The van der Waals surface area contributed by atoms with Crippen LogP contribution in [0, 0.1) is 50.7 Å². The lowest BCUT2D eigenvalue weighted by Gasteiger charge is -2.72. The Kier molecular flexibility index (Phi) is 7.84. The number of aliphatic hydroxyl groups is 7. The second-order valence-corrected chi connectivity index (χ2v) is 17.4. The quantitative estimate of drug-likeness (QED) is 0.176. The Labute approximate surface area is 266 Å². The molecule has 0 bridgehead atoms. The Hall–Kier alpha value is -1.11. The van der Waals surface area contributed by atoms with Crippen LogP contribution in [0.25, 0.3) is 0 Å². The van der Waals surface area contributed by atoms with E-state index in [1.807, 2.05) is 13.8 Å². The summed E-state index contributed by atoms with van der Waals surface area (Å²) in [5.74, 6) is -0.848. The number of esters is 1. The Morgan fingerprint density at radius 1 is 0.867 bits per heavy atom. The van der Waals surface area contributed by atoms with Gasteiger partial charge in [-0.25, -0.2) is 0 Å². The summed E-state index contributed by atoms with van der Waals surface area (Å²) in [4.78, 5) is 14.3. The van der Waals surface area contributed by atoms with E-state index in [1.54, 1.807) is 0 Å². The van der Waals surface area contributed by atoms with Gasteiger partial charge in [-0.3, -0.25) is 4.79 Å². The van der Waals surface area contributed by atoms with Crippen LogP contribution in [0.1, 0.15) is 99.8 Å². The summed E-state index contributed by atoms with van der Waals surface area (Å²) in [5, 5.41) is 75.3. The number of hydrogen-bond donors (Lipinski definition) is 7. The van der Waals surface area contributed by atoms with Gasteiger partial charge in [-0.05, 0) is 97.7 Å². The maximum Gasteiger partial charge on any atom is 0.315 e. The van der Waals surface area contributed by atoms with Crippen LogP contribution in [0.5, 0.6) is 0 Å². The van der Waals surface area contributed by atoms with Crippen molar-refractivity contribution < 1.29 is 50.0 Å². The van der Waals surface area contributed by atoms with Gasteiger partial charge in [0.15, 0.2) is 6.29 Å². The Morgan fingerprint density at radius 2 is 1.53 bits per heavy atom. The summed E-state index contributed by atoms with van der Waals surface area (Å²) in [5.41, 5.74) is -2.49. The van der Waals surface area contributed by atoms with E-state index in [0.29, 0.717) is 32.1 Å². The monoisotopic (exact) mass is 636 g/mol. The Balaban J connectivity index is 1.40. The van der Waals surface area contributed by atoms with E-state index in [0.717, 1.165) is 24.8 Å². The molecule has 0 spiro atoms. The average Bonchev–Trinajstić information content (AvgIpc) is 2.95. The summed E-state index contributed by atoms with van der Waals surface area (Å²) in [6, 6.07) is 0. The zero-order valence-corrected chi connectivity index (χ0v) is 27.9. The van der Waals surface area contributed by atoms with Crippen LogP contribution in [-0.2, 0) is 14.3 Å². The van der Waals surface area contributed by atoms with Crippen molar-refractivity contribution in [1.82, 2.24) is 0 Å². The molecular weight excluding hydrogens is 580 g/mol. The van der Waals surface area contributed by atoms with E-state index in [-0.39, 0.29) is 34.0 Å². The summed E-state index contributed by atoms with van der Waals surface area (Å²) in [6.07, 6.45) is -2.78. The predicted molar refractivity (Wildman–Crippen MR) is 163 cm³/mol. The van der Waals surface area contributed by atoms with Gasteiger partial charge < -0.3 is 45.2 Å². The second kappa shape index (κ2) is 10.4. The molecule has 0 aromatic carbocycles. The smallest absolute Gasteiger partial charge is 0.315 e. The zero-order valence-electron chi connectivity index (χ0n) is 27.9. The Bertz CT molecular complexity index is 1230. The largest absolute Gasteiger partial charge is 0.432 e. The van der Waals surface area contributed by atoms with E-state index in [2.05, 4.69) is 40.7 Å². The normalized spacial score (nSPS) is 57.4. The molecule has 45 heavy (non-hydrogen) atoms. The summed E-state index contributed by atoms with van der Waals surface area (Å²) in [6.45, 7) is 15.0. The highest BCUT2D eigenvalue weighted by Gasteiger charge is 2.72. The van der Waals surface area contributed by atoms with Crippen molar-refractivity contribution in [2.45, 2.75) is 149 Å². The highest BCUT2D eigenvalue weighted by Crippen LogP contribution is 2.76. The molecule has 6 aliphatic rings. The topological polar surface area (TPSA) is 177 Å². The summed E-state index contributed by atoms with van der Waals surface area (Å²) < 4.78 is 11.0. The second-order valence-electron chi connectivity index (χ2n) is 17.4. The van der Waals surface area contributed by atoms with E-state index >= 15 is 0 Å². The van der Waals surface area contributed by atoms with Gasteiger partial charge in [0.05, 0.1) is 23.2 Å². The third kappa shape index (κ3) is 4.32. The molecule has 10 heteroatoms. The fourth-order valence-corrected chi connectivity index (χ4v) is 12.1. The SMILES string of the molecule is CC1CCC2(C(=O)OC3OC(O)C(O)C(O)C3O)CCC3(C)C(=CCC4C5(C)CC(O)C(O)C(C)(C)C5CCC43C)C2C1(C)O. The summed E-state index contributed by atoms with van der Waals surface area (Å²) >= 11 is 0. The lowest BCUT2D eigenvalue weighted by molar-refractivity contribution is -0.335. The number of carbonyl (C=O) groups is 1. The zero-order chi connectivity index (χ0) is 33.3. The van der Waals surface area contributed by atoms with Crippen LogP contribution in [-0.4, -0.2) is 90.4 Å². The molecule has 0 aromatic rings. The van der Waals surface area contributed by atoms with E-state index in [9.17, 15) is 40.5 Å². The first-order valence-electron chi connectivity index (χ1n) is 17.1. The fourth-order valence-electron chi connectivity index (χ4n) is 12.1. The number of ether oxygens (including phenoxy) is 2. The number of fused-ring (bicyclic) bond motifs is 7. The molecule has 1 heterocycles. The van der Waals surface area contributed by atoms with Crippen LogP contribution in [0.15, 0.2) is 11.6 Å². The van der Waals surface area contributed by atoms with Crippen LogP contribution >= 0.6 is 0 Å². The van der Waals surface area contributed by atoms with Crippen molar-refractivity contribution in [3.05, 3.63) is 11.6 Å². The van der Waals surface area contributed by atoms with E-state index in [1.165, 1.54) is 0 Å². The number of allylic oxidation sites excluding steroid dienone is 1. The minimum atomic E-state index is -1.84. The number of hydrogen-bond acceptors (Lipinski definition) is 10. The lowest BCUT2D eigenvalue weighted by atomic mass is 9.33. The molecule has 0 amide bonds. The lowest BCUT2D eigenvalue weighted by Crippen LogP contribution is -2.69. The fraction of sp³-hybridized carbons (Fsp3) is 0.914. The molecule has 6 rings (SSSR count).